The molecule has 0 aromatic heterocycles. The molecule has 6 heteroatoms. The first-order valence-electron chi connectivity index (χ1n) is 10.9. The van der Waals surface area contributed by atoms with Gasteiger partial charge < -0.3 is 9.80 Å². The monoisotopic (exact) mass is 428 g/mol. The van der Waals surface area contributed by atoms with Crippen LogP contribution in [0.15, 0.2) is 65.6 Å². The highest BCUT2D eigenvalue weighted by molar-refractivity contribution is 7.91. The fourth-order valence-electron chi connectivity index (χ4n) is 4.16. The Morgan fingerprint density at radius 3 is 2.17 bits per heavy atom. The van der Waals surface area contributed by atoms with Gasteiger partial charge in [-0.3, -0.25) is 4.79 Å². The van der Waals surface area contributed by atoms with E-state index >= 15 is 0 Å². The maximum Gasteiger partial charge on any atom is 0.253 e. The molecular formula is C24H32N2O3S. The minimum Gasteiger partial charge on any atom is -0.339 e. The van der Waals surface area contributed by atoms with Gasteiger partial charge in [-0.05, 0) is 63.0 Å². The molecule has 0 bridgehead atoms. The van der Waals surface area contributed by atoms with Crippen LogP contribution >= 0.6 is 0 Å². The Morgan fingerprint density at radius 1 is 0.967 bits per heavy atom. The van der Waals surface area contributed by atoms with Crippen molar-refractivity contribution >= 4 is 15.7 Å². The summed E-state index contributed by atoms with van der Waals surface area (Å²) in [7, 11) is -3.23. The molecule has 1 saturated heterocycles. The molecule has 0 saturated carbocycles. The molecule has 0 N–H and O–H groups in total. The molecule has 162 valence electrons. The highest BCUT2D eigenvalue weighted by atomic mass is 32.2. The summed E-state index contributed by atoms with van der Waals surface area (Å²) in [6.07, 6.45) is 3.53. The number of hydrogen-bond acceptors (Lipinski definition) is 4. The van der Waals surface area contributed by atoms with Crippen molar-refractivity contribution in [3.05, 3.63) is 66.2 Å². The first-order chi connectivity index (χ1) is 14.5. The normalized spacial score (nSPS) is 15.5. The molecule has 1 aliphatic heterocycles. The van der Waals surface area contributed by atoms with Crippen molar-refractivity contribution in [2.45, 2.75) is 43.5 Å². The molecule has 5 nitrogen and oxygen atoms in total. The van der Waals surface area contributed by atoms with E-state index < -0.39 is 9.84 Å². The predicted octanol–water partition coefficient (Wildman–Crippen LogP) is 3.87. The second-order valence-corrected chi connectivity index (χ2v) is 10.0. The lowest BCUT2D eigenvalue weighted by Crippen LogP contribution is -2.47. The summed E-state index contributed by atoms with van der Waals surface area (Å²) < 4.78 is 25.1. The third kappa shape index (κ3) is 5.92. The maximum absolute atomic E-state index is 12.7. The van der Waals surface area contributed by atoms with Crippen molar-refractivity contribution in [2.75, 3.05) is 31.9 Å². The van der Waals surface area contributed by atoms with Crippen molar-refractivity contribution < 1.29 is 13.2 Å². The van der Waals surface area contributed by atoms with Crippen LogP contribution in [0.1, 0.15) is 43.0 Å². The summed E-state index contributed by atoms with van der Waals surface area (Å²) in [5.41, 5.74) is 0.743. The smallest absolute Gasteiger partial charge is 0.253 e. The zero-order valence-corrected chi connectivity index (χ0v) is 18.6. The third-order valence-electron chi connectivity index (χ3n) is 5.76. The largest absolute Gasteiger partial charge is 0.339 e. The van der Waals surface area contributed by atoms with Gasteiger partial charge in [0.15, 0.2) is 9.84 Å². The lowest BCUT2D eigenvalue weighted by Gasteiger charge is -2.38. The summed E-state index contributed by atoms with van der Waals surface area (Å²) in [6.45, 7) is 5.39. The number of amides is 1. The van der Waals surface area contributed by atoms with Gasteiger partial charge in [0, 0.05) is 24.7 Å². The predicted molar refractivity (Wildman–Crippen MR) is 120 cm³/mol. The molecule has 30 heavy (non-hydrogen) atoms. The Morgan fingerprint density at radius 2 is 1.57 bits per heavy atom. The van der Waals surface area contributed by atoms with E-state index in [0.717, 1.165) is 51.0 Å². The molecule has 1 heterocycles. The van der Waals surface area contributed by atoms with E-state index in [9.17, 15) is 13.2 Å². The quantitative estimate of drug-likeness (QED) is 0.608. The fourth-order valence-corrected chi connectivity index (χ4v) is 5.48. The van der Waals surface area contributed by atoms with Gasteiger partial charge in [-0.2, -0.15) is 0 Å². The third-order valence-corrected chi connectivity index (χ3v) is 7.58. The van der Waals surface area contributed by atoms with Crippen LogP contribution in [0, 0.1) is 0 Å². The van der Waals surface area contributed by atoms with Crippen LogP contribution < -0.4 is 0 Å². The van der Waals surface area contributed by atoms with Gasteiger partial charge >= 0.3 is 0 Å². The van der Waals surface area contributed by atoms with Crippen molar-refractivity contribution in [2.24, 2.45) is 0 Å². The highest BCUT2D eigenvalue weighted by Gasteiger charge is 2.27. The molecular weight excluding hydrogens is 396 g/mol. The lowest BCUT2D eigenvalue weighted by molar-refractivity contribution is 0.0618. The van der Waals surface area contributed by atoms with Gasteiger partial charge in [0.25, 0.3) is 5.91 Å². The first kappa shape index (κ1) is 22.5. The van der Waals surface area contributed by atoms with E-state index in [1.54, 1.807) is 24.3 Å². The van der Waals surface area contributed by atoms with Crippen LogP contribution in [0.3, 0.4) is 0 Å². The van der Waals surface area contributed by atoms with Gasteiger partial charge in [0.1, 0.15) is 0 Å². The number of benzene rings is 2. The van der Waals surface area contributed by atoms with E-state index in [0.29, 0.717) is 17.4 Å². The molecule has 1 fully saturated rings. The van der Waals surface area contributed by atoms with Crippen molar-refractivity contribution in [1.29, 1.82) is 0 Å². The molecule has 0 radical (unpaired) electrons. The zero-order valence-electron chi connectivity index (χ0n) is 17.7. The van der Waals surface area contributed by atoms with Crippen LogP contribution in [0.2, 0.25) is 0 Å². The average molecular weight is 429 g/mol. The second kappa shape index (κ2) is 10.7. The summed E-state index contributed by atoms with van der Waals surface area (Å²) in [5.74, 6) is 0.271. The van der Waals surface area contributed by atoms with E-state index in [1.807, 2.05) is 41.3 Å². The van der Waals surface area contributed by atoms with Crippen LogP contribution in [0.25, 0.3) is 0 Å². The van der Waals surface area contributed by atoms with Crippen molar-refractivity contribution in [3.8, 4) is 0 Å². The molecule has 1 amide bonds. The summed E-state index contributed by atoms with van der Waals surface area (Å²) in [4.78, 5) is 17.4. The highest BCUT2D eigenvalue weighted by Crippen LogP contribution is 2.20. The second-order valence-electron chi connectivity index (χ2n) is 7.91. The Kier molecular flexibility index (Phi) is 8.05. The van der Waals surface area contributed by atoms with Crippen LogP contribution in [0.4, 0.5) is 0 Å². The molecule has 0 aliphatic carbocycles. The van der Waals surface area contributed by atoms with E-state index in [4.69, 9.17) is 0 Å². The van der Waals surface area contributed by atoms with Gasteiger partial charge in [0.2, 0.25) is 0 Å². The molecule has 1 aliphatic rings. The van der Waals surface area contributed by atoms with Crippen molar-refractivity contribution in [1.82, 2.24) is 9.80 Å². The van der Waals surface area contributed by atoms with Crippen LogP contribution in [0.5, 0.6) is 0 Å². The van der Waals surface area contributed by atoms with Crippen molar-refractivity contribution in [3.63, 3.8) is 0 Å². The summed E-state index contributed by atoms with van der Waals surface area (Å²) in [5, 5.41) is 0. The summed E-state index contributed by atoms with van der Waals surface area (Å²) in [6, 6.07) is 18.5. The molecule has 0 atom stereocenters. The number of rotatable bonds is 9. The molecule has 3 rings (SSSR count). The SMILES string of the molecule is CCCN(CCCS(=O)(=O)c1ccccc1)C1CCN(C(=O)c2ccccc2)CC1. The zero-order chi connectivity index (χ0) is 21.4. The average Bonchev–Trinajstić information content (AvgIpc) is 2.79. The Hall–Kier alpha value is -2.18. The Labute approximate surface area is 180 Å². The molecule has 2 aromatic rings. The Balaban J connectivity index is 1.51. The topological polar surface area (TPSA) is 57.7 Å². The van der Waals surface area contributed by atoms with Crippen LogP contribution in [-0.2, 0) is 9.84 Å². The Bertz CT molecular complexity index is 893. The fraction of sp³-hybridized carbons (Fsp3) is 0.458. The molecule has 2 aromatic carbocycles. The van der Waals surface area contributed by atoms with Gasteiger partial charge in [-0.15, -0.1) is 0 Å². The molecule has 0 unspecified atom stereocenters. The summed E-state index contributed by atoms with van der Waals surface area (Å²) >= 11 is 0. The molecule has 0 spiro atoms. The minimum atomic E-state index is -3.23. The van der Waals surface area contributed by atoms with E-state index in [1.165, 1.54) is 0 Å². The number of piperidine rings is 1. The standard InChI is InChI=1S/C24H32N2O3S/c1-2-16-25(17-9-20-30(28,29)23-12-7-4-8-13-23)22-14-18-26(19-15-22)24(27)21-10-5-3-6-11-21/h3-8,10-13,22H,2,9,14-20H2,1H3. The number of carbonyl (C=O) groups excluding carboxylic acids is 1. The minimum absolute atomic E-state index is 0.102. The first-order valence-corrected chi connectivity index (χ1v) is 12.5. The van der Waals surface area contributed by atoms with Gasteiger partial charge in [-0.1, -0.05) is 43.3 Å². The van der Waals surface area contributed by atoms with Gasteiger partial charge in [0.05, 0.1) is 10.6 Å². The number of likely N-dealkylation sites (tertiary alicyclic amines) is 1. The van der Waals surface area contributed by atoms with E-state index in [2.05, 4.69) is 11.8 Å². The van der Waals surface area contributed by atoms with Crippen LogP contribution in [-0.4, -0.2) is 62.1 Å². The lowest BCUT2D eigenvalue weighted by atomic mass is 10.0. The van der Waals surface area contributed by atoms with E-state index in [-0.39, 0.29) is 11.7 Å². The number of carbonyl (C=O) groups is 1. The number of hydrogen-bond donors (Lipinski definition) is 0. The number of nitrogens with zero attached hydrogens (tertiary/aromatic N) is 2. The number of sulfone groups is 1. The maximum atomic E-state index is 12.7. The van der Waals surface area contributed by atoms with Gasteiger partial charge in [-0.25, -0.2) is 8.42 Å².